The maximum atomic E-state index is 10.3. The van der Waals surface area contributed by atoms with Crippen molar-refractivity contribution in [3.8, 4) is 0 Å². The van der Waals surface area contributed by atoms with E-state index >= 15 is 0 Å². The van der Waals surface area contributed by atoms with E-state index < -0.39 is 6.09 Å². The number of amides is 1. The predicted molar refractivity (Wildman–Crippen MR) is 49.1 cm³/mol. The van der Waals surface area contributed by atoms with Crippen LogP contribution in [0.15, 0.2) is 0 Å². The Balaban J connectivity index is 2.35. The third kappa shape index (κ3) is 2.34. The number of hydrogen-bond donors (Lipinski definition) is 3. The lowest BCUT2D eigenvalue weighted by molar-refractivity contribution is 0.190. The van der Waals surface area contributed by atoms with Crippen molar-refractivity contribution < 1.29 is 9.90 Å². The molecule has 1 saturated carbocycles. The number of nitrogens with two attached hydrogens (primary N) is 1. The van der Waals surface area contributed by atoms with E-state index in [9.17, 15) is 4.79 Å². The van der Waals surface area contributed by atoms with Gasteiger partial charge in [-0.2, -0.15) is 0 Å². The fourth-order valence-corrected chi connectivity index (χ4v) is 1.76. The van der Waals surface area contributed by atoms with Crippen LogP contribution >= 0.6 is 12.2 Å². The van der Waals surface area contributed by atoms with Crippen LogP contribution in [-0.4, -0.2) is 22.2 Å². The van der Waals surface area contributed by atoms with Crippen molar-refractivity contribution in [2.24, 2.45) is 11.7 Å². The highest BCUT2D eigenvalue weighted by atomic mass is 32.1. The Morgan fingerprint density at radius 3 is 2.67 bits per heavy atom. The standard InChI is InChI=1S/C7H12N2O2S/c8-6(12)4-1-2-5(3-4)9-7(10)11/h4-5,9H,1-3H2,(H2,8,12)(H,10,11). The Morgan fingerprint density at radius 2 is 2.25 bits per heavy atom. The molecule has 5 heteroatoms. The van der Waals surface area contributed by atoms with E-state index in [0.29, 0.717) is 4.99 Å². The average Bonchev–Trinajstić information content (AvgIpc) is 2.34. The zero-order chi connectivity index (χ0) is 9.14. The molecular weight excluding hydrogens is 176 g/mol. The first-order chi connectivity index (χ1) is 5.59. The normalized spacial score (nSPS) is 28.3. The molecular formula is C7H12N2O2S. The maximum Gasteiger partial charge on any atom is 0.404 e. The minimum atomic E-state index is -0.969. The van der Waals surface area contributed by atoms with Gasteiger partial charge in [0.2, 0.25) is 0 Å². The van der Waals surface area contributed by atoms with Crippen LogP contribution in [0.25, 0.3) is 0 Å². The van der Waals surface area contributed by atoms with Crippen molar-refractivity contribution in [1.29, 1.82) is 0 Å². The third-order valence-electron chi connectivity index (χ3n) is 2.16. The molecule has 1 aliphatic rings. The van der Waals surface area contributed by atoms with Crippen LogP contribution in [0.3, 0.4) is 0 Å². The Kier molecular flexibility index (Phi) is 2.86. The molecule has 1 fully saturated rings. The lowest BCUT2D eigenvalue weighted by Crippen LogP contribution is -2.32. The maximum absolute atomic E-state index is 10.3. The van der Waals surface area contributed by atoms with Gasteiger partial charge in [-0.15, -0.1) is 0 Å². The second-order valence-corrected chi connectivity index (χ2v) is 3.53. The Morgan fingerprint density at radius 1 is 1.58 bits per heavy atom. The molecule has 0 aromatic heterocycles. The fraction of sp³-hybridized carbons (Fsp3) is 0.714. The molecule has 2 atom stereocenters. The number of nitrogens with one attached hydrogen (secondary N) is 1. The molecule has 12 heavy (non-hydrogen) atoms. The van der Waals surface area contributed by atoms with Crippen molar-refractivity contribution in [2.75, 3.05) is 0 Å². The number of thiocarbonyl (C=S) groups is 1. The van der Waals surface area contributed by atoms with Gasteiger partial charge in [-0.1, -0.05) is 12.2 Å². The molecule has 0 heterocycles. The fourth-order valence-electron chi connectivity index (χ4n) is 1.55. The molecule has 0 aromatic carbocycles. The smallest absolute Gasteiger partial charge is 0.404 e. The topological polar surface area (TPSA) is 75.3 Å². The minimum absolute atomic E-state index is 0.0361. The first kappa shape index (κ1) is 9.25. The van der Waals surface area contributed by atoms with Crippen molar-refractivity contribution in [3.63, 3.8) is 0 Å². The molecule has 4 N–H and O–H groups in total. The second kappa shape index (κ2) is 3.71. The van der Waals surface area contributed by atoms with Crippen LogP contribution in [0.2, 0.25) is 0 Å². The minimum Gasteiger partial charge on any atom is -0.465 e. The molecule has 1 rings (SSSR count). The summed E-state index contributed by atoms with van der Waals surface area (Å²) in [6.07, 6.45) is 1.53. The molecule has 0 saturated heterocycles. The zero-order valence-corrected chi connectivity index (χ0v) is 7.43. The van der Waals surface area contributed by atoms with Crippen LogP contribution in [0, 0.1) is 5.92 Å². The summed E-state index contributed by atoms with van der Waals surface area (Å²) in [5.74, 6) is 0.219. The molecule has 0 aromatic rings. The van der Waals surface area contributed by atoms with Crippen LogP contribution < -0.4 is 11.1 Å². The van der Waals surface area contributed by atoms with E-state index in [4.69, 9.17) is 23.1 Å². The third-order valence-corrected chi connectivity index (χ3v) is 2.50. The molecule has 2 unspecified atom stereocenters. The van der Waals surface area contributed by atoms with Crippen molar-refractivity contribution in [2.45, 2.75) is 25.3 Å². The number of carbonyl (C=O) groups is 1. The largest absolute Gasteiger partial charge is 0.465 e. The van der Waals surface area contributed by atoms with Crippen molar-refractivity contribution in [3.05, 3.63) is 0 Å². The molecule has 1 amide bonds. The van der Waals surface area contributed by atoms with Gasteiger partial charge < -0.3 is 16.2 Å². The second-order valence-electron chi connectivity index (χ2n) is 3.06. The SMILES string of the molecule is NC(=S)C1CCC(NC(=O)O)C1. The van der Waals surface area contributed by atoms with Crippen LogP contribution in [0.4, 0.5) is 4.79 Å². The number of hydrogen-bond acceptors (Lipinski definition) is 2. The molecule has 0 spiro atoms. The van der Waals surface area contributed by atoms with Crippen LogP contribution in [0.5, 0.6) is 0 Å². The van der Waals surface area contributed by atoms with Gasteiger partial charge in [0.15, 0.2) is 0 Å². The van der Waals surface area contributed by atoms with Gasteiger partial charge in [0, 0.05) is 12.0 Å². The van der Waals surface area contributed by atoms with Gasteiger partial charge in [0.1, 0.15) is 0 Å². The van der Waals surface area contributed by atoms with Gasteiger partial charge in [-0.05, 0) is 19.3 Å². The summed E-state index contributed by atoms with van der Waals surface area (Å²) >= 11 is 4.82. The summed E-state index contributed by atoms with van der Waals surface area (Å²) in [7, 11) is 0. The van der Waals surface area contributed by atoms with Crippen LogP contribution in [0.1, 0.15) is 19.3 Å². The lowest BCUT2D eigenvalue weighted by Gasteiger charge is -2.09. The Labute approximate surface area is 76.1 Å². The molecule has 0 aliphatic heterocycles. The van der Waals surface area contributed by atoms with Gasteiger partial charge >= 0.3 is 6.09 Å². The van der Waals surface area contributed by atoms with E-state index in [1.807, 2.05) is 0 Å². The molecule has 4 nitrogen and oxygen atoms in total. The van der Waals surface area contributed by atoms with E-state index in [2.05, 4.69) is 5.32 Å². The zero-order valence-electron chi connectivity index (χ0n) is 6.62. The highest BCUT2D eigenvalue weighted by molar-refractivity contribution is 7.80. The highest BCUT2D eigenvalue weighted by Crippen LogP contribution is 2.25. The first-order valence-corrected chi connectivity index (χ1v) is 4.29. The van der Waals surface area contributed by atoms with Gasteiger partial charge in [0.25, 0.3) is 0 Å². The summed E-state index contributed by atoms with van der Waals surface area (Å²) < 4.78 is 0. The van der Waals surface area contributed by atoms with E-state index in [-0.39, 0.29) is 12.0 Å². The lowest BCUT2D eigenvalue weighted by atomic mass is 10.1. The first-order valence-electron chi connectivity index (χ1n) is 3.88. The van der Waals surface area contributed by atoms with Crippen molar-refractivity contribution >= 4 is 23.3 Å². The van der Waals surface area contributed by atoms with Gasteiger partial charge in [-0.25, -0.2) is 4.79 Å². The molecule has 1 aliphatic carbocycles. The average molecular weight is 188 g/mol. The summed E-state index contributed by atoms with van der Waals surface area (Å²) in [6.45, 7) is 0. The van der Waals surface area contributed by atoms with Gasteiger partial charge in [0.05, 0.1) is 4.99 Å². The molecule has 68 valence electrons. The van der Waals surface area contributed by atoms with Gasteiger partial charge in [-0.3, -0.25) is 0 Å². The summed E-state index contributed by atoms with van der Waals surface area (Å²) in [6, 6.07) is 0.0361. The number of carboxylic acid groups (broad SMARTS) is 1. The number of rotatable bonds is 2. The summed E-state index contributed by atoms with van der Waals surface area (Å²) in [5, 5.41) is 10.9. The molecule has 0 radical (unpaired) electrons. The van der Waals surface area contributed by atoms with Crippen molar-refractivity contribution in [1.82, 2.24) is 5.32 Å². The van der Waals surface area contributed by atoms with E-state index in [1.165, 1.54) is 0 Å². The quantitative estimate of drug-likeness (QED) is 0.558. The van der Waals surface area contributed by atoms with E-state index in [0.717, 1.165) is 19.3 Å². The van der Waals surface area contributed by atoms with E-state index in [1.54, 1.807) is 0 Å². The molecule has 0 bridgehead atoms. The Hall–Kier alpha value is -0.840. The monoisotopic (exact) mass is 188 g/mol. The Bertz CT molecular complexity index is 208. The predicted octanol–water partition coefficient (Wildman–Crippen LogP) is 0.709. The van der Waals surface area contributed by atoms with Crippen LogP contribution in [-0.2, 0) is 0 Å². The summed E-state index contributed by atoms with van der Waals surface area (Å²) in [5.41, 5.74) is 5.45. The highest BCUT2D eigenvalue weighted by Gasteiger charge is 2.27. The summed E-state index contributed by atoms with van der Waals surface area (Å²) in [4.78, 5) is 10.8.